The lowest BCUT2D eigenvalue weighted by atomic mass is 10.1. The van der Waals surface area contributed by atoms with Gasteiger partial charge in [-0.3, -0.25) is 0 Å². The van der Waals surface area contributed by atoms with Crippen LogP contribution >= 0.6 is 0 Å². The molecule has 0 aromatic heterocycles. The Hall–Kier alpha value is -1.15. The molecular formula is C15H27N3O3S. The average Bonchev–Trinajstić information content (AvgIpc) is 2.46. The average molecular weight is 329 g/mol. The largest absolute Gasteiger partial charge is 0.399 e. The number of hydrogen-bond acceptors (Lipinski definition) is 5. The summed E-state index contributed by atoms with van der Waals surface area (Å²) in [5.74, 6) is 0.218. The first-order chi connectivity index (χ1) is 10.3. The Kier molecular flexibility index (Phi) is 7.28. The number of nitrogens with two attached hydrogens (primary N) is 2. The molecule has 1 unspecified atom stereocenters. The molecule has 0 spiro atoms. The number of aliphatic hydroxyl groups is 1. The summed E-state index contributed by atoms with van der Waals surface area (Å²) in [5.41, 5.74) is 11.8. The number of anilines is 1. The molecule has 0 saturated heterocycles. The lowest BCUT2D eigenvalue weighted by Gasteiger charge is -2.24. The van der Waals surface area contributed by atoms with E-state index < -0.39 is 10.0 Å². The van der Waals surface area contributed by atoms with Crippen molar-refractivity contribution in [1.29, 1.82) is 0 Å². The first-order valence-electron chi connectivity index (χ1n) is 7.49. The molecule has 22 heavy (non-hydrogen) atoms. The molecule has 7 heteroatoms. The van der Waals surface area contributed by atoms with Crippen molar-refractivity contribution in [2.45, 2.75) is 37.6 Å². The molecular weight excluding hydrogens is 302 g/mol. The third kappa shape index (κ3) is 5.57. The molecule has 0 aliphatic heterocycles. The van der Waals surface area contributed by atoms with Crippen molar-refractivity contribution in [3.63, 3.8) is 0 Å². The predicted octanol–water partition coefficient (Wildman–Crippen LogP) is 1.02. The Labute approximate surface area is 133 Å². The Morgan fingerprint density at radius 1 is 1.23 bits per heavy atom. The van der Waals surface area contributed by atoms with Gasteiger partial charge in [0.05, 0.1) is 11.5 Å². The number of aliphatic hydroxyl groups excluding tert-OH is 1. The number of rotatable bonds is 9. The lowest BCUT2D eigenvalue weighted by molar-refractivity contribution is 0.254. The summed E-state index contributed by atoms with van der Waals surface area (Å²) in [6.45, 7) is 4.70. The summed E-state index contributed by atoms with van der Waals surface area (Å²) in [6.07, 6.45) is 1.20. The number of hydrogen-bond donors (Lipinski definition) is 3. The van der Waals surface area contributed by atoms with Crippen molar-refractivity contribution >= 4 is 15.7 Å². The Morgan fingerprint density at radius 3 is 2.32 bits per heavy atom. The summed E-state index contributed by atoms with van der Waals surface area (Å²) in [7, 11) is -3.54. The molecule has 0 aliphatic carbocycles. The van der Waals surface area contributed by atoms with Gasteiger partial charge in [0.2, 0.25) is 10.0 Å². The van der Waals surface area contributed by atoms with Crippen LogP contribution in [0.5, 0.6) is 0 Å². The summed E-state index contributed by atoms with van der Waals surface area (Å²) in [5, 5.41) is 8.94. The van der Waals surface area contributed by atoms with Crippen LogP contribution in [0.1, 0.15) is 26.7 Å². The summed E-state index contributed by atoms with van der Waals surface area (Å²) in [4.78, 5) is 0.244. The molecule has 0 amide bonds. The van der Waals surface area contributed by atoms with Crippen LogP contribution in [-0.2, 0) is 10.0 Å². The zero-order chi connectivity index (χ0) is 16.8. The van der Waals surface area contributed by atoms with Gasteiger partial charge in [-0.1, -0.05) is 13.8 Å². The normalized spacial score (nSPS) is 13.7. The van der Waals surface area contributed by atoms with E-state index in [2.05, 4.69) is 0 Å². The highest BCUT2D eigenvalue weighted by Gasteiger charge is 2.24. The SMILES string of the molecule is CC(C)CN(CCCC(N)CO)S(=O)(=O)c1ccc(N)cc1. The minimum absolute atomic E-state index is 0.0884. The number of sulfonamides is 1. The summed E-state index contributed by atoms with van der Waals surface area (Å²) in [6, 6.07) is 5.92. The second kappa shape index (κ2) is 8.47. The highest BCUT2D eigenvalue weighted by Crippen LogP contribution is 2.19. The maximum absolute atomic E-state index is 12.7. The van der Waals surface area contributed by atoms with Gasteiger partial charge in [-0.2, -0.15) is 4.31 Å². The van der Waals surface area contributed by atoms with E-state index in [0.29, 0.717) is 31.6 Å². The van der Waals surface area contributed by atoms with Crippen LogP contribution in [0.25, 0.3) is 0 Å². The van der Waals surface area contributed by atoms with E-state index in [9.17, 15) is 8.42 Å². The van der Waals surface area contributed by atoms with E-state index in [1.807, 2.05) is 13.8 Å². The predicted molar refractivity (Wildman–Crippen MR) is 88.7 cm³/mol. The molecule has 0 radical (unpaired) electrons. The van der Waals surface area contributed by atoms with Crippen molar-refractivity contribution in [3.05, 3.63) is 24.3 Å². The topological polar surface area (TPSA) is 110 Å². The molecule has 6 nitrogen and oxygen atoms in total. The quantitative estimate of drug-likeness (QED) is 0.586. The van der Waals surface area contributed by atoms with E-state index in [1.165, 1.54) is 16.4 Å². The maximum atomic E-state index is 12.7. The lowest BCUT2D eigenvalue weighted by Crippen LogP contribution is -2.36. The number of nitrogens with zero attached hydrogens (tertiary/aromatic N) is 1. The van der Waals surface area contributed by atoms with Gasteiger partial charge < -0.3 is 16.6 Å². The van der Waals surface area contributed by atoms with Crippen LogP contribution < -0.4 is 11.5 Å². The molecule has 1 aromatic carbocycles. The van der Waals surface area contributed by atoms with Crippen molar-refractivity contribution in [1.82, 2.24) is 4.31 Å². The third-order valence-corrected chi connectivity index (χ3v) is 5.18. The van der Waals surface area contributed by atoms with Crippen molar-refractivity contribution in [2.75, 3.05) is 25.4 Å². The van der Waals surface area contributed by atoms with Crippen LogP contribution in [0.3, 0.4) is 0 Å². The van der Waals surface area contributed by atoms with E-state index in [-0.39, 0.29) is 23.5 Å². The number of nitrogen functional groups attached to an aromatic ring is 1. The van der Waals surface area contributed by atoms with Gasteiger partial charge in [0, 0.05) is 24.8 Å². The fourth-order valence-electron chi connectivity index (χ4n) is 2.13. The van der Waals surface area contributed by atoms with Gasteiger partial charge in [-0.25, -0.2) is 8.42 Å². The van der Waals surface area contributed by atoms with Crippen LogP contribution in [-0.4, -0.2) is 43.6 Å². The molecule has 1 rings (SSSR count). The molecule has 5 N–H and O–H groups in total. The second-order valence-corrected chi connectivity index (χ2v) is 7.85. The Bertz CT molecular complexity index is 544. The van der Waals surface area contributed by atoms with Crippen molar-refractivity contribution in [2.24, 2.45) is 11.7 Å². The molecule has 1 atom stereocenters. The van der Waals surface area contributed by atoms with Crippen LogP contribution in [0.15, 0.2) is 29.2 Å². The van der Waals surface area contributed by atoms with Crippen molar-refractivity contribution in [3.8, 4) is 0 Å². The minimum Gasteiger partial charge on any atom is -0.399 e. The molecule has 126 valence electrons. The second-order valence-electron chi connectivity index (χ2n) is 5.91. The van der Waals surface area contributed by atoms with Gasteiger partial charge in [-0.15, -0.1) is 0 Å². The minimum atomic E-state index is -3.54. The van der Waals surface area contributed by atoms with E-state index >= 15 is 0 Å². The van der Waals surface area contributed by atoms with Gasteiger partial charge in [-0.05, 0) is 43.0 Å². The third-order valence-electron chi connectivity index (χ3n) is 3.30. The Balaban J connectivity index is 2.87. The Morgan fingerprint density at radius 2 is 1.82 bits per heavy atom. The number of benzene rings is 1. The zero-order valence-corrected chi connectivity index (χ0v) is 14.1. The van der Waals surface area contributed by atoms with Crippen LogP contribution in [0.4, 0.5) is 5.69 Å². The van der Waals surface area contributed by atoms with E-state index in [0.717, 1.165) is 0 Å². The van der Waals surface area contributed by atoms with E-state index in [4.69, 9.17) is 16.6 Å². The van der Waals surface area contributed by atoms with Gasteiger partial charge in [0.25, 0.3) is 0 Å². The smallest absolute Gasteiger partial charge is 0.243 e. The summed E-state index contributed by atoms with van der Waals surface area (Å²) >= 11 is 0. The van der Waals surface area contributed by atoms with Gasteiger partial charge in [0.1, 0.15) is 0 Å². The van der Waals surface area contributed by atoms with Crippen molar-refractivity contribution < 1.29 is 13.5 Å². The maximum Gasteiger partial charge on any atom is 0.243 e. The van der Waals surface area contributed by atoms with Gasteiger partial charge in [0.15, 0.2) is 0 Å². The molecule has 0 fully saturated rings. The first-order valence-corrected chi connectivity index (χ1v) is 8.93. The molecule has 1 aromatic rings. The standard InChI is InChI=1S/C15H27N3O3S/c1-12(2)10-18(9-3-4-14(17)11-19)22(20,21)15-7-5-13(16)6-8-15/h5-8,12,14,19H,3-4,9-11,16-17H2,1-2H3. The molecule has 0 aliphatic rings. The molecule has 0 bridgehead atoms. The first kappa shape index (κ1) is 18.9. The van der Waals surface area contributed by atoms with Gasteiger partial charge >= 0.3 is 0 Å². The van der Waals surface area contributed by atoms with Crippen LogP contribution in [0, 0.1) is 5.92 Å². The summed E-state index contributed by atoms with van der Waals surface area (Å²) < 4.78 is 26.9. The highest BCUT2D eigenvalue weighted by atomic mass is 32.2. The zero-order valence-electron chi connectivity index (χ0n) is 13.3. The fourth-order valence-corrected chi connectivity index (χ4v) is 3.77. The molecule has 0 saturated carbocycles. The highest BCUT2D eigenvalue weighted by molar-refractivity contribution is 7.89. The molecule has 0 heterocycles. The van der Waals surface area contributed by atoms with E-state index in [1.54, 1.807) is 12.1 Å². The monoisotopic (exact) mass is 329 g/mol. The fraction of sp³-hybridized carbons (Fsp3) is 0.600. The van der Waals surface area contributed by atoms with Crippen LogP contribution in [0.2, 0.25) is 0 Å².